The smallest absolute Gasteiger partial charge is 0.307 e. The van der Waals surface area contributed by atoms with Gasteiger partial charge in [-0.25, -0.2) is 13.1 Å². The van der Waals surface area contributed by atoms with Gasteiger partial charge in [0, 0.05) is 5.54 Å². The Morgan fingerprint density at radius 1 is 1.26 bits per heavy atom. The molecular formula is C13H19NO4S. The summed E-state index contributed by atoms with van der Waals surface area (Å²) in [4.78, 5) is 11.4. The highest BCUT2D eigenvalue weighted by Gasteiger charge is 2.28. The van der Waals surface area contributed by atoms with Crippen molar-refractivity contribution in [2.24, 2.45) is 0 Å². The average molecular weight is 285 g/mol. The molecule has 0 aliphatic rings. The van der Waals surface area contributed by atoms with Crippen molar-refractivity contribution >= 4 is 16.0 Å². The first-order chi connectivity index (χ1) is 8.66. The van der Waals surface area contributed by atoms with E-state index < -0.39 is 21.5 Å². The molecule has 0 atom stereocenters. The van der Waals surface area contributed by atoms with Gasteiger partial charge in [0.25, 0.3) is 0 Å². The van der Waals surface area contributed by atoms with Crippen molar-refractivity contribution < 1.29 is 17.9 Å². The lowest BCUT2D eigenvalue weighted by Gasteiger charge is -2.24. The van der Waals surface area contributed by atoms with Crippen molar-refractivity contribution in [2.75, 3.05) is 7.11 Å². The second-order valence-electron chi connectivity index (χ2n) is 5.06. The Balaban J connectivity index is 2.90. The van der Waals surface area contributed by atoms with E-state index in [1.807, 2.05) is 6.92 Å². The Morgan fingerprint density at radius 2 is 1.79 bits per heavy atom. The van der Waals surface area contributed by atoms with Gasteiger partial charge in [-0.3, -0.25) is 4.79 Å². The van der Waals surface area contributed by atoms with Crippen LogP contribution in [0.4, 0.5) is 0 Å². The first-order valence-electron chi connectivity index (χ1n) is 5.84. The van der Waals surface area contributed by atoms with Crippen LogP contribution in [-0.2, 0) is 19.6 Å². The van der Waals surface area contributed by atoms with E-state index in [-0.39, 0.29) is 11.3 Å². The molecule has 0 saturated heterocycles. The maximum atomic E-state index is 12.2. The first-order valence-corrected chi connectivity index (χ1v) is 7.32. The van der Waals surface area contributed by atoms with Crippen LogP contribution in [0.1, 0.15) is 25.8 Å². The van der Waals surface area contributed by atoms with Crippen LogP contribution in [0.5, 0.6) is 0 Å². The summed E-state index contributed by atoms with van der Waals surface area (Å²) in [6.45, 7) is 5.15. The predicted molar refractivity (Wildman–Crippen MR) is 72.2 cm³/mol. The van der Waals surface area contributed by atoms with Gasteiger partial charge in [0.15, 0.2) is 0 Å². The van der Waals surface area contributed by atoms with Crippen molar-refractivity contribution in [3.63, 3.8) is 0 Å². The number of methoxy groups -OCH3 is 1. The summed E-state index contributed by atoms with van der Waals surface area (Å²) < 4.78 is 31.4. The zero-order chi connectivity index (χ0) is 14.7. The van der Waals surface area contributed by atoms with Gasteiger partial charge in [0.05, 0.1) is 18.4 Å². The SMILES string of the molecule is COC(=O)CC(C)(C)NS(=O)(=O)c1ccc(C)cc1. The number of hydrogen-bond donors (Lipinski definition) is 1. The number of carbonyl (C=O) groups excluding carboxylic acids is 1. The second-order valence-corrected chi connectivity index (χ2v) is 6.74. The van der Waals surface area contributed by atoms with E-state index in [0.29, 0.717) is 0 Å². The third-order valence-electron chi connectivity index (χ3n) is 2.56. The van der Waals surface area contributed by atoms with Gasteiger partial charge in [0.1, 0.15) is 0 Å². The molecule has 6 heteroatoms. The minimum Gasteiger partial charge on any atom is -0.469 e. The summed E-state index contributed by atoms with van der Waals surface area (Å²) in [7, 11) is -2.38. The van der Waals surface area contributed by atoms with Crippen molar-refractivity contribution in [3.8, 4) is 0 Å². The molecule has 1 rings (SSSR count). The summed E-state index contributed by atoms with van der Waals surface area (Å²) in [6, 6.07) is 6.52. The van der Waals surface area contributed by atoms with Gasteiger partial charge in [-0.05, 0) is 32.9 Å². The molecule has 0 heterocycles. The maximum absolute atomic E-state index is 12.2. The zero-order valence-electron chi connectivity index (χ0n) is 11.6. The van der Waals surface area contributed by atoms with E-state index in [1.165, 1.54) is 19.2 Å². The molecule has 1 aromatic rings. The predicted octanol–water partition coefficient (Wildman–Crippen LogP) is 1.62. The Bertz CT molecular complexity index is 547. The Hall–Kier alpha value is -1.40. The molecule has 0 bridgehead atoms. The fourth-order valence-electron chi connectivity index (χ4n) is 1.61. The molecule has 0 aromatic heterocycles. The van der Waals surface area contributed by atoms with Crippen molar-refractivity contribution in [1.29, 1.82) is 0 Å². The van der Waals surface area contributed by atoms with E-state index in [1.54, 1.807) is 26.0 Å². The highest BCUT2D eigenvalue weighted by Crippen LogP contribution is 2.16. The number of ether oxygens (including phenoxy) is 1. The Morgan fingerprint density at radius 3 is 2.26 bits per heavy atom. The van der Waals surface area contributed by atoms with Crippen LogP contribution < -0.4 is 4.72 Å². The van der Waals surface area contributed by atoms with E-state index in [0.717, 1.165) is 5.56 Å². The standard InChI is InChI=1S/C13H19NO4S/c1-10-5-7-11(8-6-10)19(16,17)14-13(2,3)9-12(15)18-4/h5-8,14H,9H2,1-4H3. The van der Waals surface area contributed by atoms with Crippen LogP contribution in [0.2, 0.25) is 0 Å². The number of sulfonamides is 1. The molecule has 0 amide bonds. The minimum absolute atomic E-state index is 0.0331. The van der Waals surface area contributed by atoms with Crippen molar-refractivity contribution in [2.45, 2.75) is 37.6 Å². The average Bonchev–Trinajstić information content (AvgIpc) is 2.27. The summed E-state index contributed by atoms with van der Waals surface area (Å²) in [5.74, 6) is -0.461. The van der Waals surface area contributed by atoms with E-state index in [9.17, 15) is 13.2 Å². The molecule has 0 aliphatic carbocycles. The molecule has 19 heavy (non-hydrogen) atoms. The Labute approximate surface area is 114 Å². The monoisotopic (exact) mass is 285 g/mol. The maximum Gasteiger partial charge on any atom is 0.307 e. The molecule has 0 radical (unpaired) electrons. The number of carbonyl (C=O) groups is 1. The lowest BCUT2D eigenvalue weighted by atomic mass is 10.0. The van der Waals surface area contributed by atoms with Gasteiger partial charge in [-0.15, -0.1) is 0 Å². The molecule has 0 unspecified atom stereocenters. The topological polar surface area (TPSA) is 72.5 Å². The third-order valence-corrected chi connectivity index (χ3v) is 4.27. The zero-order valence-corrected chi connectivity index (χ0v) is 12.4. The summed E-state index contributed by atoms with van der Waals surface area (Å²) in [5.41, 5.74) is 0.0735. The molecule has 0 aliphatic heterocycles. The van der Waals surface area contributed by atoms with Gasteiger partial charge < -0.3 is 4.74 Å². The lowest BCUT2D eigenvalue weighted by molar-refractivity contribution is -0.141. The van der Waals surface area contributed by atoms with Crippen LogP contribution in [0.15, 0.2) is 29.2 Å². The largest absolute Gasteiger partial charge is 0.469 e. The minimum atomic E-state index is -3.65. The lowest BCUT2D eigenvalue weighted by Crippen LogP contribution is -2.44. The normalized spacial score (nSPS) is 12.2. The first kappa shape index (κ1) is 15.7. The number of benzene rings is 1. The number of aryl methyl sites for hydroxylation is 1. The fraction of sp³-hybridized carbons (Fsp3) is 0.462. The number of rotatable bonds is 5. The highest BCUT2D eigenvalue weighted by molar-refractivity contribution is 7.89. The summed E-state index contributed by atoms with van der Waals surface area (Å²) in [6.07, 6.45) is -0.0331. The fourth-order valence-corrected chi connectivity index (χ4v) is 3.02. The summed E-state index contributed by atoms with van der Waals surface area (Å²) >= 11 is 0. The second kappa shape index (κ2) is 5.71. The molecular weight excluding hydrogens is 266 g/mol. The number of nitrogens with one attached hydrogen (secondary N) is 1. The van der Waals surface area contributed by atoms with Gasteiger partial charge in [0.2, 0.25) is 10.0 Å². The van der Waals surface area contributed by atoms with Crippen LogP contribution in [0, 0.1) is 6.92 Å². The molecule has 1 aromatic carbocycles. The number of hydrogen-bond acceptors (Lipinski definition) is 4. The molecule has 1 N–H and O–H groups in total. The van der Waals surface area contributed by atoms with Crippen molar-refractivity contribution in [1.82, 2.24) is 4.72 Å². The molecule has 0 saturated carbocycles. The quantitative estimate of drug-likeness (QED) is 0.834. The number of esters is 1. The molecule has 0 spiro atoms. The highest BCUT2D eigenvalue weighted by atomic mass is 32.2. The van der Waals surface area contributed by atoms with E-state index in [4.69, 9.17) is 0 Å². The van der Waals surface area contributed by atoms with Crippen LogP contribution in [-0.4, -0.2) is 27.0 Å². The van der Waals surface area contributed by atoms with Gasteiger partial charge >= 0.3 is 5.97 Å². The van der Waals surface area contributed by atoms with E-state index >= 15 is 0 Å². The van der Waals surface area contributed by atoms with Crippen LogP contribution in [0.25, 0.3) is 0 Å². The van der Waals surface area contributed by atoms with Crippen molar-refractivity contribution in [3.05, 3.63) is 29.8 Å². The summed E-state index contributed by atoms with van der Waals surface area (Å²) in [5, 5.41) is 0. The van der Waals surface area contributed by atoms with Crippen LogP contribution >= 0.6 is 0 Å². The van der Waals surface area contributed by atoms with Gasteiger partial charge in [-0.1, -0.05) is 17.7 Å². The van der Waals surface area contributed by atoms with Crippen LogP contribution in [0.3, 0.4) is 0 Å². The molecule has 5 nitrogen and oxygen atoms in total. The third kappa shape index (κ3) is 4.65. The van der Waals surface area contributed by atoms with Gasteiger partial charge in [-0.2, -0.15) is 0 Å². The molecule has 0 fully saturated rings. The molecule has 106 valence electrons. The Kier molecular flexibility index (Phi) is 4.70. The van der Waals surface area contributed by atoms with E-state index in [2.05, 4.69) is 9.46 Å².